The predicted octanol–water partition coefficient (Wildman–Crippen LogP) is 0.771. The molecule has 3 heteroatoms. The first-order valence-corrected chi connectivity index (χ1v) is 4.78. The average Bonchev–Trinajstić information content (AvgIpc) is 2.31. The first kappa shape index (κ1) is 10.3. The standard InChI is InChI=1S/C10H18N2O/c1-4-5-12-7-9(6-10(12)13)11-8(2)3/h4,8-9,11H,1,5-7H2,2-3H3. The zero-order chi connectivity index (χ0) is 9.84. The second kappa shape index (κ2) is 4.42. The van der Waals surface area contributed by atoms with E-state index in [2.05, 4.69) is 25.7 Å². The van der Waals surface area contributed by atoms with Crippen LogP contribution in [0, 0.1) is 0 Å². The van der Waals surface area contributed by atoms with Gasteiger partial charge in [0, 0.05) is 31.6 Å². The Morgan fingerprint density at radius 3 is 3.00 bits per heavy atom. The zero-order valence-electron chi connectivity index (χ0n) is 8.42. The van der Waals surface area contributed by atoms with E-state index in [9.17, 15) is 4.79 Å². The molecule has 0 aliphatic carbocycles. The van der Waals surface area contributed by atoms with Crippen LogP contribution >= 0.6 is 0 Å². The Balaban J connectivity index is 2.40. The number of amides is 1. The van der Waals surface area contributed by atoms with Gasteiger partial charge in [0.05, 0.1) is 0 Å². The Morgan fingerprint density at radius 1 is 1.77 bits per heavy atom. The molecule has 0 aromatic carbocycles. The third kappa shape index (κ3) is 2.84. The van der Waals surface area contributed by atoms with Crippen LogP contribution in [0.1, 0.15) is 20.3 Å². The van der Waals surface area contributed by atoms with Gasteiger partial charge < -0.3 is 10.2 Å². The van der Waals surface area contributed by atoms with Crippen LogP contribution in [0.5, 0.6) is 0 Å². The number of rotatable bonds is 4. The number of nitrogens with zero attached hydrogens (tertiary/aromatic N) is 1. The van der Waals surface area contributed by atoms with Crippen LogP contribution in [0.2, 0.25) is 0 Å². The minimum absolute atomic E-state index is 0.234. The Labute approximate surface area is 79.8 Å². The molecule has 1 N–H and O–H groups in total. The van der Waals surface area contributed by atoms with Gasteiger partial charge in [-0.2, -0.15) is 0 Å². The lowest BCUT2D eigenvalue weighted by Gasteiger charge is -2.16. The van der Waals surface area contributed by atoms with Crippen LogP contribution in [0.25, 0.3) is 0 Å². The Bertz CT molecular complexity index is 201. The van der Waals surface area contributed by atoms with Crippen molar-refractivity contribution < 1.29 is 4.79 Å². The molecule has 1 fully saturated rings. The van der Waals surface area contributed by atoms with Crippen molar-refractivity contribution in [1.82, 2.24) is 10.2 Å². The number of nitrogens with one attached hydrogen (secondary N) is 1. The molecule has 13 heavy (non-hydrogen) atoms. The number of carbonyl (C=O) groups excluding carboxylic acids is 1. The number of carbonyl (C=O) groups is 1. The molecule has 0 saturated carbocycles. The summed E-state index contributed by atoms with van der Waals surface area (Å²) < 4.78 is 0. The number of hydrogen-bond acceptors (Lipinski definition) is 2. The highest BCUT2D eigenvalue weighted by molar-refractivity contribution is 5.79. The normalized spacial score (nSPS) is 22.8. The fourth-order valence-corrected chi connectivity index (χ4v) is 1.69. The smallest absolute Gasteiger partial charge is 0.224 e. The summed E-state index contributed by atoms with van der Waals surface area (Å²) in [5, 5.41) is 3.36. The molecular weight excluding hydrogens is 164 g/mol. The Kier molecular flexibility index (Phi) is 3.48. The van der Waals surface area contributed by atoms with Gasteiger partial charge in [-0.1, -0.05) is 19.9 Å². The molecule has 74 valence electrons. The van der Waals surface area contributed by atoms with Gasteiger partial charge in [-0.25, -0.2) is 0 Å². The van der Waals surface area contributed by atoms with Gasteiger partial charge >= 0.3 is 0 Å². The maximum Gasteiger partial charge on any atom is 0.224 e. The second-order valence-electron chi connectivity index (χ2n) is 3.81. The van der Waals surface area contributed by atoms with Gasteiger partial charge in [0.2, 0.25) is 5.91 Å². The summed E-state index contributed by atoms with van der Waals surface area (Å²) in [5.74, 6) is 0.234. The van der Waals surface area contributed by atoms with Crippen LogP contribution in [-0.2, 0) is 4.79 Å². The molecule has 1 atom stereocenters. The van der Waals surface area contributed by atoms with Crippen molar-refractivity contribution in [1.29, 1.82) is 0 Å². The van der Waals surface area contributed by atoms with E-state index in [-0.39, 0.29) is 5.91 Å². The van der Waals surface area contributed by atoms with Gasteiger partial charge in [-0.3, -0.25) is 4.79 Å². The second-order valence-corrected chi connectivity index (χ2v) is 3.81. The molecule has 1 amide bonds. The molecule has 1 aliphatic rings. The molecule has 0 bridgehead atoms. The fraction of sp³-hybridized carbons (Fsp3) is 0.700. The molecule has 0 spiro atoms. The van der Waals surface area contributed by atoms with Gasteiger partial charge in [0.25, 0.3) is 0 Å². The molecule has 0 aromatic heterocycles. The van der Waals surface area contributed by atoms with E-state index in [1.807, 2.05) is 4.90 Å². The highest BCUT2D eigenvalue weighted by atomic mass is 16.2. The summed E-state index contributed by atoms with van der Waals surface area (Å²) >= 11 is 0. The van der Waals surface area contributed by atoms with Crippen molar-refractivity contribution in [3.8, 4) is 0 Å². The zero-order valence-corrected chi connectivity index (χ0v) is 8.42. The number of likely N-dealkylation sites (tertiary alicyclic amines) is 1. The lowest BCUT2D eigenvalue weighted by Crippen LogP contribution is -2.37. The van der Waals surface area contributed by atoms with Crippen molar-refractivity contribution in [3.63, 3.8) is 0 Å². The van der Waals surface area contributed by atoms with Crippen molar-refractivity contribution in [2.45, 2.75) is 32.4 Å². The summed E-state index contributed by atoms with van der Waals surface area (Å²) in [5.41, 5.74) is 0. The lowest BCUT2D eigenvalue weighted by atomic mass is 10.2. The maximum atomic E-state index is 11.4. The topological polar surface area (TPSA) is 32.3 Å². The van der Waals surface area contributed by atoms with Crippen LogP contribution < -0.4 is 5.32 Å². The molecular formula is C10H18N2O. The highest BCUT2D eigenvalue weighted by Gasteiger charge is 2.28. The van der Waals surface area contributed by atoms with Gasteiger partial charge in [0.15, 0.2) is 0 Å². The van der Waals surface area contributed by atoms with Crippen molar-refractivity contribution in [3.05, 3.63) is 12.7 Å². The van der Waals surface area contributed by atoms with Gasteiger partial charge in [-0.05, 0) is 0 Å². The van der Waals surface area contributed by atoms with Crippen molar-refractivity contribution >= 4 is 5.91 Å². The molecule has 0 radical (unpaired) electrons. The Morgan fingerprint density at radius 2 is 2.46 bits per heavy atom. The predicted molar refractivity (Wildman–Crippen MR) is 53.5 cm³/mol. The van der Waals surface area contributed by atoms with E-state index in [0.29, 0.717) is 25.0 Å². The molecule has 1 rings (SSSR count). The van der Waals surface area contributed by atoms with E-state index in [4.69, 9.17) is 0 Å². The molecule has 3 nitrogen and oxygen atoms in total. The van der Waals surface area contributed by atoms with E-state index >= 15 is 0 Å². The summed E-state index contributed by atoms with van der Waals surface area (Å²) in [6, 6.07) is 0.772. The molecule has 1 saturated heterocycles. The first-order chi connectivity index (χ1) is 6.13. The number of hydrogen-bond donors (Lipinski definition) is 1. The van der Waals surface area contributed by atoms with E-state index in [1.165, 1.54) is 0 Å². The minimum atomic E-state index is 0.234. The van der Waals surface area contributed by atoms with Crippen LogP contribution in [0.4, 0.5) is 0 Å². The van der Waals surface area contributed by atoms with Crippen LogP contribution in [0.15, 0.2) is 12.7 Å². The lowest BCUT2D eigenvalue weighted by molar-refractivity contribution is -0.127. The largest absolute Gasteiger partial charge is 0.337 e. The third-order valence-corrected chi connectivity index (χ3v) is 2.13. The van der Waals surface area contributed by atoms with Crippen molar-refractivity contribution in [2.75, 3.05) is 13.1 Å². The average molecular weight is 182 g/mol. The molecule has 1 aliphatic heterocycles. The fourth-order valence-electron chi connectivity index (χ4n) is 1.69. The molecule has 1 heterocycles. The summed E-state index contributed by atoms with van der Waals surface area (Å²) in [7, 11) is 0. The highest BCUT2D eigenvalue weighted by Crippen LogP contribution is 2.11. The Hall–Kier alpha value is -0.830. The molecule has 1 unspecified atom stereocenters. The summed E-state index contributed by atoms with van der Waals surface area (Å²) in [6.45, 7) is 9.32. The van der Waals surface area contributed by atoms with Crippen LogP contribution in [-0.4, -0.2) is 36.0 Å². The minimum Gasteiger partial charge on any atom is -0.337 e. The van der Waals surface area contributed by atoms with Gasteiger partial charge in [-0.15, -0.1) is 6.58 Å². The van der Waals surface area contributed by atoms with E-state index < -0.39 is 0 Å². The van der Waals surface area contributed by atoms with Crippen LogP contribution in [0.3, 0.4) is 0 Å². The van der Waals surface area contributed by atoms with E-state index in [0.717, 1.165) is 6.54 Å². The van der Waals surface area contributed by atoms with Gasteiger partial charge in [0.1, 0.15) is 0 Å². The van der Waals surface area contributed by atoms with E-state index in [1.54, 1.807) is 6.08 Å². The molecule has 0 aromatic rings. The summed E-state index contributed by atoms with van der Waals surface area (Å²) in [4.78, 5) is 13.2. The maximum absolute atomic E-state index is 11.4. The monoisotopic (exact) mass is 182 g/mol. The first-order valence-electron chi connectivity index (χ1n) is 4.78. The SMILES string of the molecule is C=CCN1CC(NC(C)C)CC1=O. The van der Waals surface area contributed by atoms with Crippen molar-refractivity contribution in [2.24, 2.45) is 0 Å². The quantitative estimate of drug-likeness (QED) is 0.651. The third-order valence-electron chi connectivity index (χ3n) is 2.13. The summed E-state index contributed by atoms with van der Waals surface area (Å²) in [6.07, 6.45) is 2.40.